The smallest absolute Gasteiger partial charge is 0.394 e. The SMILES string of the molecule is CC(F)(F)Oc1ccc(-c2noc(C3CC(=O)N(C4=C(F)C=C(Cl)CC4)C3)n2)cc1. The number of rotatable bonds is 5. The Morgan fingerprint density at radius 1 is 1.27 bits per heavy atom. The first kappa shape index (κ1) is 20.5. The van der Waals surface area contributed by atoms with Crippen molar-refractivity contribution in [1.82, 2.24) is 15.0 Å². The number of amides is 1. The Balaban J connectivity index is 1.48. The zero-order valence-electron chi connectivity index (χ0n) is 15.9. The van der Waals surface area contributed by atoms with Crippen LogP contribution >= 0.6 is 11.6 Å². The van der Waals surface area contributed by atoms with Crippen LogP contribution in [0.3, 0.4) is 0 Å². The predicted octanol–water partition coefficient (Wildman–Crippen LogP) is 5.14. The van der Waals surface area contributed by atoms with Crippen LogP contribution < -0.4 is 4.74 Å². The van der Waals surface area contributed by atoms with E-state index in [0.29, 0.717) is 36.1 Å². The number of ether oxygens (including phenoxy) is 1. The third-order valence-electron chi connectivity index (χ3n) is 4.81. The van der Waals surface area contributed by atoms with Gasteiger partial charge in [0.15, 0.2) is 0 Å². The summed E-state index contributed by atoms with van der Waals surface area (Å²) in [4.78, 5) is 18.1. The summed E-state index contributed by atoms with van der Waals surface area (Å²) in [7, 11) is 0. The minimum Gasteiger partial charge on any atom is -0.433 e. The van der Waals surface area contributed by atoms with Gasteiger partial charge in [-0.05, 0) is 43.2 Å². The predicted molar refractivity (Wildman–Crippen MR) is 101 cm³/mol. The van der Waals surface area contributed by atoms with Crippen molar-refractivity contribution < 1.29 is 27.2 Å². The molecule has 1 atom stereocenters. The van der Waals surface area contributed by atoms with Crippen molar-refractivity contribution in [3.8, 4) is 17.1 Å². The van der Waals surface area contributed by atoms with Crippen LogP contribution in [0.1, 0.15) is 38.0 Å². The summed E-state index contributed by atoms with van der Waals surface area (Å²) >= 11 is 5.85. The average molecular weight is 440 g/mol. The number of hydrogen-bond acceptors (Lipinski definition) is 5. The maximum Gasteiger partial charge on any atom is 0.394 e. The molecule has 6 nitrogen and oxygen atoms in total. The molecule has 2 aliphatic rings. The molecule has 2 heterocycles. The first-order chi connectivity index (χ1) is 14.2. The maximum absolute atomic E-state index is 14.2. The lowest BCUT2D eigenvalue weighted by atomic mass is 10.1. The summed E-state index contributed by atoms with van der Waals surface area (Å²) in [5.41, 5.74) is 0.855. The molecule has 1 aliphatic carbocycles. The molecule has 1 amide bonds. The van der Waals surface area contributed by atoms with E-state index in [2.05, 4.69) is 14.9 Å². The molecule has 1 saturated heterocycles. The van der Waals surface area contributed by atoms with Crippen LogP contribution in [0.4, 0.5) is 13.2 Å². The second kappa shape index (κ2) is 7.79. The first-order valence-electron chi connectivity index (χ1n) is 9.25. The van der Waals surface area contributed by atoms with Crippen molar-refractivity contribution >= 4 is 17.5 Å². The zero-order chi connectivity index (χ0) is 21.5. The highest BCUT2D eigenvalue weighted by Crippen LogP contribution is 2.36. The van der Waals surface area contributed by atoms with Crippen molar-refractivity contribution in [1.29, 1.82) is 0 Å². The summed E-state index contributed by atoms with van der Waals surface area (Å²) in [5.74, 6) is -0.592. The Morgan fingerprint density at radius 3 is 2.67 bits per heavy atom. The molecule has 1 unspecified atom stereocenters. The van der Waals surface area contributed by atoms with Crippen molar-refractivity contribution in [3.05, 3.63) is 52.8 Å². The van der Waals surface area contributed by atoms with Gasteiger partial charge in [-0.15, -0.1) is 0 Å². The Morgan fingerprint density at radius 2 is 2.00 bits per heavy atom. The molecule has 0 spiro atoms. The van der Waals surface area contributed by atoms with E-state index in [1.807, 2.05) is 0 Å². The molecule has 1 aliphatic heterocycles. The number of benzene rings is 1. The fourth-order valence-corrected chi connectivity index (χ4v) is 3.64. The molecule has 10 heteroatoms. The fourth-order valence-electron chi connectivity index (χ4n) is 3.45. The topological polar surface area (TPSA) is 68.5 Å². The molecule has 4 rings (SSSR count). The molecule has 158 valence electrons. The standard InChI is InChI=1S/C20H17ClF3N3O3/c1-20(23,24)29-14-5-2-11(3-6-14)18-25-19(30-26-18)12-8-17(28)27(10-12)16-7-4-13(21)9-15(16)22/h2-3,5-6,9,12H,4,7-8,10H2,1H3. The van der Waals surface area contributed by atoms with Crippen LogP contribution in [0.5, 0.6) is 5.75 Å². The van der Waals surface area contributed by atoms with Crippen molar-refractivity contribution in [2.24, 2.45) is 0 Å². The third-order valence-corrected chi connectivity index (χ3v) is 5.11. The largest absolute Gasteiger partial charge is 0.433 e. The van der Waals surface area contributed by atoms with Gasteiger partial charge in [-0.1, -0.05) is 16.8 Å². The van der Waals surface area contributed by atoms with E-state index in [1.165, 1.54) is 35.2 Å². The Kier molecular flexibility index (Phi) is 5.31. The van der Waals surface area contributed by atoms with Gasteiger partial charge in [-0.2, -0.15) is 13.8 Å². The van der Waals surface area contributed by atoms with Gasteiger partial charge in [0, 0.05) is 30.5 Å². The molecule has 0 radical (unpaired) electrons. The molecule has 0 N–H and O–H groups in total. The average Bonchev–Trinajstić information content (AvgIpc) is 3.28. The molecule has 0 saturated carbocycles. The van der Waals surface area contributed by atoms with Crippen molar-refractivity contribution in [2.45, 2.75) is 38.2 Å². The molecular formula is C20H17ClF3N3O3. The molecular weight excluding hydrogens is 423 g/mol. The van der Waals surface area contributed by atoms with E-state index < -0.39 is 11.9 Å². The van der Waals surface area contributed by atoms with Gasteiger partial charge in [-0.25, -0.2) is 4.39 Å². The Bertz CT molecular complexity index is 1030. The van der Waals surface area contributed by atoms with E-state index in [9.17, 15) is 18.0 Å². The highest BCUT2D eigenvalue weighted by atomic mass is 35.5. The number of carbonyl (C=O) groups excluding carboxylic acids is 1. The van der Waals surface area contributed by atoms with Gasteiger partial charge in [0.25, 0.3) is 0 Å². The highest BCUT2D eigenvalue weighted by molar-refractivity contribution is 6.29. The highest BCUT2D eigenvalue weighted by Gasteiger charge is 2.37. The van der Waals surface area contributed by atoms with Crippen LogP contribution in [0.25, 0.3) is 11.4 Å². The van der Waals surface area contributed by atoms with Gasteiger partial charge in [0.05, 0.1) is 11.6 Å². The summed E-state index contributed by atoms with van der Waals surface area (Å²) in [6.45, 7) is 0.881. The Labute approximate surface area is 174 Å². The molecule has 1 fully saturated rings. The summed E-state index contributed by atoms with van der Waals surface area (Å²) in [5, 5.41) is 4.32. The second-order valence-electron chi connectivity index (χ2n) is 7.18. The number of hydrogen-bond donors (Lipinski definition) is 0. The fraction of sp³-hybridized carbons (Fsp3) is 0.350. The minimum absolute atomic E-state index is 0.00364. The normalized spacial score (nSPS) is 20.0. The maximum atomic E-state index is 14.2. The Hall–Kier alpha value is -2.81. The molecule has 1 aromatic heterocycles. The number of likely N-dealkylation sites (tertiary alicyclic amines) is 1. The molecule has 2 aromatic rings. The van der Waals surface area contributed by atoms with Gasteiger partial charge >= 0.3 is 6.11 Å². The number of allylic oxidation sites excluding steroid dienone is 4. The minimum atomic E-state index is -3.28. The van der Waals surface area contributed by atoms with E-state index >= 15 is 0 Å². The lowest BCUT2D eigenvalue weighted by Gasteiger charge is -2.22. The molecule has 1 aromatic carbocycles. The summed E-state index contributed by atoms with van der Waals surface area (Å²) in [6, 6.07) is 5.81. The lowest BCUT2D eigenvalue weighted by molar-refractivity contribution is -0.158. The van der Waals surface area contributed by atoms with Crippen LogP contribution in [0, 0.1) is 0 Å². The van der Waals surface area contributed by atoms with E-state index in [4.69, 9.17) is 16.1 Å². The van der Waals surface area contributed by atoms with Crippen molar-refractivity contribution in [3.63, 3.8) is 0 Å². The summed E-state index contributed by atoms with van der Waals surface area (Å²) < 4.78 is 49.9. The molecule has 30 heavy (non-hydrogen) atoms. The third kappa shape index (κ3) is 4.35. The van der Waals surface area contributed by atoms with Gasteiger partial charge < -0.3 is 14.2 Å². The second-order valence-corrected chi connectivity index (χ2v) is 7.67. The van der Waals surface area contributed by atoms with Crippen LogP contribution in [-0.2, 0) is 4.79 Å². The molecule has 0 bridgehead atoms. The number of carbonyl (C=O) groups is 1. The number of nitrogens with zero attached hydrogens (tertiary/aromatic N) is 3. The number of alkyl halides is 2. The number of aromatic nitrogens is 2. The van der Waals surface area contributed by atoms with E-state index in [-0.39, 0.29) is 42.3 Å². The van der Waals surface area contributed by atoms with Crippen LogP contribution in [-0.4, -0.2) is 33.6 Å². The van der Waals surface area contributed by atoms with Gasteiger partial charge in [0.2, 0.25) is 17.6 Å². The monoisotopic (exact) mass is 439 g/mol. The van der Waals surface area contributed by atoms with Gasteiger partial charge in [0.1, 0.15) is 11.6 Å². The lowest BCUT2D eigenvalue weighted by Crippen LogP contribution is -2.26. The van der Waals surface area contributed by atoms with E-state index in [0.717, 1.165) is 0 Å². The van der Waals surface area contributed by atoms with E-state index in [1.54, 1.807) is 0 Å². The van der Waals surface area contributed by atoms with Gasteiger partial charge in [-0.3, -0.25) is 4.79 Å². The summed E-state index contributed by atoms with van der Waals surface area (Å²) in [6.07, 6.45) is -1.11. The van der Waals surface area contributed by atoms with Crippen LogP contribution in [0.15, 0.2) is 51.4 Å². The van der Waals surface area contributed by atoms with Crippen LogP contribution in [0.2, 0.25) is 0 Å². The zero-order valence-corrected chi connectivity index (χ0v) is 16.6. The quantitative estimate of drug-likeness (QED) is 0.645. The van der Waals surface area contributed by atoms with Crippen molar-refractivity contribution in [2.75, 3.05) is 6.54 Å². The first-order valence-corrected chi connectivity index (χ1v) is 9.63. The number of halogens is 4.